The molecule has 0 bridgehead atoms. The molecule has 1 unspecified atom stereocenters. The summed E-state index contributed by atoms with van der Waals surface area (Å²) in [5.41, 5.74) is 4.85. The third-order valence-corrected chi connectivity index (χ3v) is 10.5. The maximum Gasteiger partial charge on any atom is 0.329 e. The molecule has 4 aromatic heterocycles. The van der Waals surface area contributed by atoms with Crippen LogP contribution >= 0.6 is 0 Å². The summed E-state index contributed by atoms with van der Waals surface area (Å²) in [6.07, 6.45) is 5.82. The zero-order chi connectivity index (χ0) is 41.2. The lowest BCUT2D eigenvalue weighted by Gasteiger charge is -2.36. The summed E-state index contributed by atoms with van der Waals surface area (Å²) in [6, 6.07) is 15.9. The van der Waals surface area contributed by atoms with Crippen LogP contribution < -0.4 is 36.6 Å². The largest absolute Gasteiger partial charge is 0.494 e. The number of pyridine rings is 2. The molecule has 6 aromatic rings. The number of hydrogen-bond acceptors (Lipinski definition) is 13. The Kier molecular flexibility index (Phi) is 10.7. The number of halogens is 1. The standard InChI is InChI=1S/C41H41FN12O5/c1-43-39(56)27-22-45-34(19-29(27)48-28-7-4-6-26(37(28)59-3)38-46-20-25(42)21-47-38)49-33-18-24(12-13-44-33)23-52-14-16-53(17-15-52)30-8-5-9-31-36(30)51(2)41(58)54(31)32-10-11-35(55)50-40(32)57/h4-9,12-13,18-22,32H,10-11,14-17,23H2,1-3H3,(H,43,56)(H,50,55,57)(H2,44,45,48,49). The second kappa shape index (κ2) is 16.3. The number of rotatable bonds is 11. The van der Waals surface area contributed by atoms with Gasteiger partial charge in [-0.3, -0.25) is 33.7 Å². The third kappa shape index (κ3) is 7.76. The van der Waals surface area contributed by atoms with E-state index in [1.807, 2.05) is 30.3 Å². The van der Waals surface area contributed by atoms with Gasteiger partial charge >= 0.3 is 5.69 Å². The number of amides is 3. The number of para-hydroxylation sites is 2. The molecular formula is C41H41FN12O5. The fraction of sp³-hybridized carbons (Fsp3) is 0.268. The highest BCUT2D eigenvalue weighted by atomic mass is 19.1. The second-order valence-corrected chi connectivity index (χ2v) is 14.2. The summed E-state index contributed by atoms with van der Waals surface area (Å²) < 4.78 is 22.4. The summed E-state index contributed by atoms with van der Waals surface area (Å²) in [5.74, 6) is -0.0262. The molecule has 0 radical (unpaired) electrons. The van der Waals surface area contributed by atoms with E-state index in [0.29, 0.717) is 46.4 Å². The van der Waals surface area contributed by atoms with Gasteiger partial charge in [-0.15, -0.1) is 0 Å². The Balaban J connectivity index is 0.963. The summed E-state index contributed by atoms with van der Waals surface area (Å²) in [4.78, 5) is 72.7. The fourth-order valence-corrected chi connectivity index (χ4v) is 7.65. The molecule has 2 fully saturated rings. The van der Waals surface area contributed by atoms with Crippen LogP contribution in [0.4, 0.5) is 33.1 Å². The van der Waals surface area contributed by atoms with Crippen LogP contribution in [-0.2, 0) is 23.2 Å². The quantitative estimate of drug-likeness (QED) is 0.138. The van der Waals surface area contributed by atoms with E-state index in [1.165, 1.54) is 24.9 Å². The number of nitrogens with one attached hydrogen (secondary N) is 4. The lowest BCUT2D eigenvalue weighted by atomic mass is 10.1. The van der Waals surface area contributed by atoms with Crippen LogP contribution in [0.15, 0.2) is 84.2 Å². The van der Waals surface area contributed by atoms with E-state index in [0.717, 1.165) is 55.3 Å². The van der Waals surface area contributed by atoms with Gasteiger partial charge < -0.3 is 25.6 Å². The first kappa shape index (κ1) is 38.7. The number of ether oxygens (including phenoxy) is 1. The second-order valence-electron chi connectivity index (χ2n) is 14.2. The van der Waals surface area contributed by atoms with Gasteiger partial charge in [0.15, 0.2) is 17.4 Å². The Morgan fingerprint density at radius 1 is 0.915 bits per heavy atom. The minimum absolute atomic E-state index is 0.182. The predicted octanol–water partition coefficient (Wildman–Crippen LogP) is 3.88. The molecule has 1 atom stereocenters. The van der Waals surface area contributed by atoms with Crippen molar-refractivity contribution in [1.29, 1.82) is 0 Å². The van der Waals surface area contributed by atoms with Crippen LogP contribution in [0.3, 0.4) is 0 Å². The number of piperazine rings is 1. The van der Waals surface area contributed by atoms with Crippen molar-refractivity contribution in [3.63, 3.8) is 0 Å². The zero-order valence-electron chi connectivity index (χ0n) is 32.5. The highest BCUT2D eigenvalue weighted by Gasteiger charge is 2.32. The molecule has 302 valence electrons. The summed E-state index contributed by atoms with van der Waals surface area (Å²) >= 11 is 0. The smallest absolute Gasteiger partial charge is 0.329 e. The number of carbonyl (C=O) groups is 3. The number of piperidine rings is 1. The predicted molar refractivity (Wildman–Crippen MR) is 218 cm³/mol. The molecule has 0 spiro atoms. The molecule has 59 heavy (non-hydrogen) atoms. The van der Waals surface area contributed by atoms with Gasteiger partial charge in [-0.05, 0) is 48.4 Å². The summed E-state index contributed by atoms with van der Waals surface area (Å²) in [6.45, 7) is 3.63. The maximum atomic E-state index is 13.6. The van der Waals surface area contributed by atoms with E-state index in [1.54, 1.807) is 42.1 Å². The van der Waals surface area contributed by atoms with E-state index >= 15 is 0 Å². The van der Waals surface area contributed by atoms with Crippen LogP contribution in [-0.4, -0.2) is 92.0 Å². The molecule has 2 aromatic carbocycles. The van der Waals surface area contributed by atoms with Crippen molar-refractivity contribution in [2.24, 2.45) is 7.05 Å². The van der Waals surface area contributed by atoms with Crippen LogP contribution in [0.1, 0.15) is 34.8 Å². The number of methoxy groups -OCH3 is 1. The highest BCUT2D eigenvalue weighted by Crippen LogP contribution is 2.38. The van der Waals surface area contributed by atoms with Gasteiger partial charge in [0.25, 0.3) is 5.91 Å². The summed E-state index contributed by atoms with van der Waals surface area (Å²) in [7, 11) is 4.75. The number of carbonyl (C=O) groups excluding carboxylic acids is 3. The van der Waals surface area contributed by atoms with E-state index in [4.69, 9.17) is 4.74 Å². The molecular weight excluding hydrogens is 760 g/mol. The molecule has 18 heteroatoms. The van der Waals surface area contributed by atoms with Crippen molar-refractivity contribution in [1.82, 2.24) is 44.6 Å². The molecule has 6 heterocycles. The van der Waals surface area contributed by atoms with Gasteiger partial charge in [-0.1, -0.05) is 12.1 Å². The maximum absolute atomic E-state index is 13.6. The minimum Gasteiger partial charge on any atom is -0.494 e. The molecule has 3 amide bonds. The third-order valence-electron chi connectivity index (χ3n) is 10.5. The van der Waals surface area contributed by atoms with E-state index in [-0.39, 0.29) is 41.7 Å². The van der Waals surface area contributed by atoms with Crippen molar-refractivity contribution < 1.29 is 23.5 Å². The average molecular weight is 801 g/mol. The molecule has 8 rings (SSSR count). The van der Waals surface area contributed by atoms with Gasteiger partial charge in [0, 0.05) is 71.7 Å². The molecule has 0 saturated carbocycles. The number of benzene rings is 2. The van der Waals surface area contributed by atoms with Crippen molar-refractivity contribution >= 4 is 57.5 Å². The number of imide groups is 1. The SMILES string of the molecule is CNC(=O)c1cnc(Nc2cc(CN3CCN(c4cccc5c4n(C)c(=O)n5C4CCC(=O)NC4=O)CC3)ccn2)cc1Nc1cccc(-c2ncc(F)cn2)c1OC. The van der Waals surface area contributed by atoms with Crippen molar-refractivity contribution in [2.75, 3.05) is 55.9 Å². The number of hydrogen-bond donors (Lipinski definition) is 4. The first-order valence-electron chi connectivity index (χ1n) is 19.0. The fourth-order valence-electron chi connectivity index (χ4n) is 7.65. The van der Waals surface area contributed by atoms with Gasteiger partial charge in [-0.2, -0.15) is 0 Å². The first-order valence-corrected chi connectivity index (χ1v) is 19.0. The van der Waals surface area contributed by atoms with Gasteiger partial charge in [0.2, 0.25) is 11.8 Å². The van der Waals surface area contributed by atoms with Gasteiger partial charge in [-0.25, -0.2) is 29.1 Å². The van der Waals surface area contributed by atoms with E-state index in [9.17, 15) is 23.6 Å². The van der Waals surface area contributed by atoms with E-state index in [2.05, 4.69) is 51.0 Å². The number of aryl methyl sites for hydroxylation is 1. The Bertz CT molecular complexity index is 2640. The molecule has 2 aliphatic rings. The number of aromatic nitrogens is 6. The molecule has 2 aliphatic heterocycles. The topological polar surface area (TPSA) is 194 Å². The van der Waals surface area contributed by atoms with Crippen LogP contribution in [0.2, 0.25) is 0 Å². The van der Waals surface area contributed by atoms with Gasteiger partial charge in [0.05, 0.1) is 58.7 Å². The van der Waals surface area contributed by atoms with Crippen molar-refractivity contribution in [3.05, 3.63) is 107 Å². The van der Waals surface area contributed by atoms with Crippen molar-refractivity contribution in [3.8, 4) is 17.1 Å². The Morgan fingerprint density at radius 2 is 1.68 bits per heavy atom. The van der Waals surface area contributed by atoms with Crippen LogP contribution in [0.5, 0.6) is 5.75 Å². The Labute approximate surface area is 337 Å². The lowest BCUT2D eigenvalue weighted by molar-refractivity contribution is -0.135. The average Bonchev–Trinajstić information content (AvgIpc) is 3.50. The van der Waals surface area contributed by atoms with Crippen LogP contribution in [0.25, 0.3) is 22.4 Å². The molecule has 0 aliphatic carbocycles. The number of anilines is 5. The van der Waals surface area contributed by atoms with Crippen molar-refractivity contribution in [2.45, 2.75) is 25.4 Å². The Hall–Kier alpha value is -7.21. The molecule has 2 saturated heterocycles. The van der Waals surface area contributed by atoms with Gasteiger partial charge in [0.1, 0.15) is 17.7 Å². The summed E-state index contributed by atoms with van der Waals surface area (Å²) in [5, 5.41) is 11.6. The molecule has 4 N–H and O–H groups in total. The van der Waals surface area contributed by atoms with Crippen LogP contribution in [0, 0.1) is 5.82 Å². The lowest BCUT2D eigenvalue weighted by Crippen LogP contribution is -2.46. The van der Waals surface area contributed by atoms with E-state index < -0.39 is 17.8 Å². The number of imidazole rings is 1. The molecule has 17 nitrogen and oxygen atoms in total. The highest BCUT2D eigenvalue weighted by molar-refractivity contribution is 6.01. The minimum atomic E-state index is -0.745. The first-order chi connectivity index (χ1) is 28.6. The number of fused-ring (bicyclic) bond motifs is 1. The Morgan fingerprint density at radius 3 is 2.42 bits per heavy atom. The number of nitrogens with zero attached hydrogens (tertiary/aromatic N) is 8. The zero-order valence-corrected chi connectivity index (χ0v) is 32.5. The normalized spacial score (nSPS) is 15.9. The monoisotopic (exact) mass is 800 g/mol.